The number of anilines is 1. The number of quaternary nitrogens is 1. The summed E-state index contributed by atoms with van der Waals surface area (Å²) in [6.07, 6.45) is 3.64. The number of piperidine rings is 1. The number of unbranched alkanes of at least 4 members (excludes halogenated alkanes) is 1. The monoisotopic (exact) mass is 516 g/mol. The fourth-order valence-electron chi connectivity index (χ4n) is 4.76. The van der Waals surface area contributed by atoms with E-state index in [0.717, 1.165) is 55.6 Å². The summed E-state index contributed by atoms with van der Waals surface area (Å²) in [7, 11) is 0. The van der Waals surface area contributed by atoms with Gasteiger partial charge in [0, 0.05) is 11.3 Å². The predicted molar refractivity (Wildman–Crippen MR) is 128 cm³/mol. The van der Waals surface area contributed by atoms with Gasteiger partial charge in [0.25, 0.3) is 5.91 Å². The van der Waals surface area contributed by atoms with Crippen molar-refractivity contribution in [2.45, 2.75) is 53.0 Å². The van der Waals surface area contributed by atoms with E-state index in [9.17, 15) is 9.59 Å². The van der Waals surface area contributed by atoms with Crippen molar-refractivity contribution in [2.24, 2.45) is 5.92 Å². The molecule has 3 rings (SSSR count). The second-order valence-electron chi connectivity index (χ2n) is 9.22. The van der Waals surface area contributed by atoms with E-state index in [0.29, 0.717) is 24.2 Å². The molecule has 1 amide bonds. The fourth-order valence-corrected chi connectivity index (χ4v) is 4.76. The van der Waals surface area contributed by atoms with Crippen LogP contribution in [0.25, 0.3) is 0 Å². The van der Waals surface area contributed by atoms with Gasteiger partial charge in [-0.2, -0.15) is 0 Å². The average molecular weight is 518 g/mol. The molecular formula is C27H37BrN2O3. The van der Waals surface area contributed by atoms with Gasteiger partial charge in [0.1, 0.15) is 12.5 Å². The number of hydrogen-bond donors (Lipinski definition) is 1. The molecule has 5 nitrogen and oxygen atoms in total. The number of carbonyl (C=O) groups is 2. The van der Waals surface area contributed by atoms with Crippen molar-refractivity contribution in [2.75, 3.05) is 31.6 Å². The lowest BCUT2D eigenvalue weighted by atomic mass is 9.94. The molecule has 2 unspecified atom stereocenters. The molecule has 6 heteroatoms. The van der Waals surface area contributed by atoms with Gasteiger partial charge in [-0.05, 0) is 44.2 Å². The molecule has 2 aromatic rings. The molecule has 33 heavy (non-hydrogen) atoms. The number of benzene rings is 2. The smallest absolute Gasteiger partial charge is 0.314 e. The van der Waals surface area contributed by atoms with Gasteiger partial charge >= 0.3 is 5.97 Å². The highest BCUT2D eigenvalue weighted by atomic mass is 79.9. The molecule has 1 aliphatic heterocycles. The maximum Gasteiger partial charge on any atom is 0.314 e. The third-order valence-electron chi connectivity index (χ3n) is 6.45. The minimum atomic E-state index is -0.155. The van der Waals surface area contributed by atoms with Crippen molar-refractivity contribution in [3.05, 3.63) is 65.2 Å². The Hall–Kier alpha value is -2.18. The first kappa shape index (κ1) is 27.1. The Morgan fingerprint density at radius 1 is 1.06 bits per heavy atom. The van der Waals surface area contributed by atoms with E-state index in [4.69, 9.17) is 4.74 Å². The van der Waals surface area contributed by atoms with Gasteiger partial charge in [-0.15, -0.1) is 0 Å². The Kier molecular flexibility index (Phi) is 10.6. The number of para-hydroxylation sites is 1. The van der Waals surface area contributed by atoms with Crippen LogP contribution in [0.1, 0.15) is 49.3 Å². The molecule has 0 radical (unpaired) electrons. The van der Waals surface area contributed by atoms with E-state index in [2.05, 4.69) is 24.4 Å². The van der Waals surface area contributed by atoms with Crippen LogP contribution in [0.4, 0.5) is 5.69 Å². The zero-order valence-corrected chi connectivity index (χ0v) is 21.7. The van der Waals surface area contributed by atoms with Crippen molar-refractivity contribution in [3.8, 4) is 0 Å². The van der Waals surface area contributed by atoms with Gasteiger partial charge in [0.15, 0.2) is 6.54 Å². The summed E-state index contributed by atoms with van der Waals surface area (Å²) < 4.78 is 6.13. The number of nitrogens with zero attached hydrogens (tertiary/aromatic N) is 1. The summed E-state index contributed by atoms with van der Waals surface area (Å²) in [6.45, 7) is 9.21. The van der Waals surface area contributed by atoms with Crippen LogP contribution in [-0.4, -0.2) is 42.6 Å². The standard InChI is InChI=1S/C27H36N2O3.BrH/c1-4-5-17-32-27(31)24-15-10-16-29(19-24,18-23-13-7-6-8-14-23)20-25(30)28-26-21(2)11-9-12-22(26)3;/h6-9,11-14,24H,4-5,10,15-20H2,1-3H3;1H. The van der Waals surface area contributed by atoms with Crippen molar-refractivity contribution in [1.29, 1.82) is 0 Å². The Bertz CT molecular complexity index is 899. The number of amides is 1. The Labute approximate surface area is 208 Å². The Morgan fingerprint density at radius 2 is 1.76 bits per heavy atom. The summed E-state index contributed by atoms with van der Waals surface area (Å²) in [5.41, 5.74) is 4.20. The summed E-state index contributed by atoms with van der Waals surface area (Å²) in [5.74, 6) is -0.264. The summed E-state index contributed by atoms with van der Waals surface area (Å²) in [4.78, 5) is 26.0. The summed E-state index contributed by atoms with van der Waals surface area (Å²) >= 11 is 0. The molecule has 0 aromatic heterocycles. The molecule has 0 bridgehead atoms. The Morgan fingerprint density at radius 3 is 2.42 bits per heavy atom. The highest BCUT2D eigenvalue weighted by Gasteiger charge is 2.40. The molecular weight excluding hydrogens is 480 g/mol. The summed E-state index contributed by atoms with van der Waals surface area (Å²) in [6, 6.07) is 16.3. The van der Waals surface area contributed by atoms with Crippen molar-refractivity contribution in [3.63, 3.8) is 0 Å². The number of aryl methyl sites for hydroxylation is 2. The average Bonchev–Trinajstić information content (AvgIpc) is 2.77. The molecule has 0 saturated carbocycles. The third kappa shape index (κ3) is 7.68. The van der Waals surface area contributed by atoms with Crippen LogP contribution >= 0.6 is 0 Å². The van der Waals surface area contributed by atoms with Gasteiger partial charge in [0.05, 0.1) is 19.7 Å². The fraction of sp³-hybridized carbons (Fsp3) is 0.481. The zero-order valence-electron chi connectivity index (χ0n) is 20.1. The van der Waals surface area contributed by atoms with Crippen molar-refractivity contribution in [1.82, 2.24) is 0 Å². The lowest BCUT2D eigenvalue weighted by Gasteiger charge is -2.43. The van der Waals surface area contributed by atoms with Crippen LogP contribution in [0.2, 0.25) is 0 Å². The SMILES string of the molecule is CCCCOC(=O)C1CCC[N+](CC(=O)Nc2c(C)cccc2C)(Cc2ccccc2)C1.[Br-]. The first-order chi connectivity index (χ1) is 15.4. The molecule has 180 valence electrons. The van der Waals surface area contributed by atoms with Gasteiger partial charge in [-0.25, -0.2) is 0 Å². The van der Waals surface area contributed by atoms with Crippen LogP contribution in [0.3, 0.4) is 0 Å². The number of likely N-dealkylation sites (tertiary alicyclic amines) is 1. The maximum atomic E-state index is 13.2. The quantitative estimate of drug-likeness (QED) is 0.315. The maximum absolute atomic E-state index is 13.2. The van der Waals surface area contributed by atoms with E-state index in [1.807, 2.05) is 50.2 Å². The predicted octanol–water partition coefficient (Wildman–Crippen LogP) is 2.02. The molecule has 2 atom stereocenters. The molecule has 1 aliphatic rings. The first-order valence-electron chi connectivity index (χ1n) is 11.8. The molecule has 1 saturated heterocycles. The van der Waals surface area contributed by atoms with Crippen LogP contribution < -0.4 is 22.3 Å². The molecule has 0 aliphatic carbocycles. The van der Waals surface area contributed by atoms with E-state index in [1.165, 1.54) is 5.56 Å². The lowest BCUT2D eigenvalue weighted by molar-refractivity contribution is -0.940. The normalized spacial score (nSPS) is 19.9. The number of hydrogen-bond acceptors (Lipinski definition) is 3. The van der Waals surface area contributed by atoms with Crippen LogP contribution in [-0.2, 0) is 20.9 Å². The van der Waals surface area contributed by atoms with Crippen LogP contribution in [0, 0.1) is 19.8 Å². The number of esters is 1. The minimum absolute atomic E-state index is 0. The van der Waals surface area contributed by atoms with E-state index < -0.39 is 0 Å². The summed E-state index contributed by atoms with van der Waals surface area (Å²) in [5, 5.41) is 3.15. The number of ether oxygens (including phenoxy) is 1. The molecule has 1 fully saturated rings. The molecule has 0 spiro atoms. The van der Waals surface area contributed by atoms with E-state index in [-0.39, 0.29) is 34.8 Å². The Balaban J connectivity index is 0.00000385. The number of rotatable bonds is 9. The third-order valence-corrected chi connectivity index (χ3v) is 6.45. The highest BCUT2D eigenvalue weighted by molar-refractivity contribution is 5.93. The zero-order chi connectivity index (χ0) is 23.0. The van der Waals surface area contributed by atoms with Gasteiger partial charge in [0.2, 0.25) is 0 Å². The second-order valence-corrected chi connectivity index (χ2v) is 9.22. The van der Waals surface area contributed by atoms with Gasteiger partial charge < -0.3 is 31.5 Å². The highest BCUT2D eigenvalue weighted by Crippen LogP contribution is 2.28. The van der Waals surface area contributed by atoms with Crippen LogP contribution in [0.15, 0.2) is 48.5 Å². The number of nitrogens with one attached hydrogen (secondary N) is 1. The largest absolute Gasteiger partial charge is 1.00 e. The van der Waals surface area contributed by atoms with Gasteiger partial charge in [-0.1, -0.05) is 61.9 Å². The van der Waals surface area contributed by atoms with Crippen LogP contribution in [0.5, 0.6) is 0 Å². The van der Waals surface area contributed by atoms with Crippen molar-refractivity contribution < 1.29 is 35.8 Å². The number of halogens is 1. The first-order valence-corrected chi connectivity index (χ1v) is 11.8. The molecule has 1 heterocycles. The minimum Gasteiger partial charge on any atom is -1.00 e. The van der Waals surface area contributed by atoms with E-state index in [1.54, 1.807) is 0 Å². The topological polar surface area (TPSA) is 55.4 Å². The van der Waals surface area contributed by atoms with E-state index >= 15 is 0 Å². The molecule has 2 aromatic carbocycles. The second kappa shape index (κ2) is 12.9. The molecule has 1 N–H and O–H groups in total. The lowest BCUT2D eigenvalue weighted by Crippen LogP contribution is -3.00. The van der Waals surface area contributed by atoms with Gasteiger partial charge in [-0.3, -0.25) is 9.59 Å². The number of carbonyl (C=O) groups excluding carboxylic acids is 2. The van der Waals surface area contributed by atoms with Crippen molar-refractivity contribution >= 4 is 17.6 Å².